The van der Waals surface area contributed by atoms with Gasteiger partial charge < -0.3 is 9.84 Å². The second-order valence-corrected chi connectivity index (χ2v) is 8.10. The van der Waals surface area contributed by atoms with Crippen molar-refractivity contribution in [1.29, 1.82) is 0 Å². The van der Waals surface area contributed by atoms with Crippen LogP contribution in [0.3, 0.4) is 0 Å². The summed E-state index contributed by atoms with van der Waals surface area (Å²) in [5.74, 6) is 0.772. The highest BCUT2D eigenvalue weighted by Gasteiger charge is 2.30. The van der Waals surface area contributed by atoms with Gasteiger partial charge in [-0.05, 0) is 45.2 Å². The molecule has 1 saturated carbocycles. The number of rotatable bonds is 5. The third-order valence-corrected chi connectivity index (χ3v) is 5.44. The van der Waals surface area contributed by atoms with Gasteiger partial charge in [-0.25, -0.2) is 9.36 Å². The maximum Gasteiger partial charge on any atom is 0.293 e. The minimum Gasteiger partial charge on any atom is -0.360 e. The van der Waals surface area contributed by atoms with Crippen LogP contribution in [0.5, 0.6) is 0 Å². The van der Waals surface area contributed by atoms with E-state index in [1.807, 2.05) is 26.0 Å². The van der Waals surface area contributed by atoms with Crippen molar-refractivity contribution < 1.29 is 9.32 Å². The molecule has 0 atom stereocenters. The first-order chi connectivity index (χ1) is 14.9. The summed E-state index contributed by atoms with van der Waals surface area (Å²) in [7, 11) is 0. The lowest BCUT2D eigenvalue weighted by Crippen LogP contribution is -2.31. The zero-order valence-electron chi connectivity index (χ0n) is 17.5. The normalized spacial score (nSPS) is 13.6. The number of nitrogens with one attached hydrogen (secondary N) is 1. The summed E-state index contributed by atoms with van der Waals surface area (Å²) in [6.45, 7) is 5.52. The Labute approximate surface area is 177 Å². The zero-order chi connectivity index (χ0) is 21.7. The Bertz CT molecular complexity index is 1380. The van der Waals surface area contributed by atoms with Crippen LogP contribution in [0.1, 0.15) is 41.3 Å². The van der Waals surface area contributed by atoms with E-state index in [0.717, 1.165) is 40.7 Å². The molecule has 0 radical (unpaired) electrons. The van der Waals surface area contributed by atoms with Gasteiger partial charge in [-0.3, -0.25) is 9.59 Å². The van der Waals surface area contributed by atoms with Crippen LogP contribution in [0, 0.1) is 20.8 Å². The highest BCUT2D eigenvalue weighted by Crippen LogP contribution is 2.41. The number of benzene rings is 1. The van der Waals surface area contributed by atoms with Crippen molar-refractivity contribution >= 4 is 22.6 Å². The monoisotopic (exact) mass is 418 g/mol. The molecule has 4 aromatic rings. The number of aryl methyl sites for hydroxylation is 3. The standard InChI is InChI=1S/C22H22N6O3/c1-12-4-7-17(13(2)8-12)28-21-16(10-23-28)20(15-5-6-15)25-27(22(21)30)11-19(29)24-18-9-14(3)31-26-18/h4,7-10,15H,5-6,11H2,1-3H3,(H,24,26,29). The van der Waals surface area contributed by atoms with Gasteiger partial charge in [0.15, 0.2) is 5.82 Å². The molecule has 3 aromatic heterocycles. The van der Waals surface area contributed by atoms with Gasteiger partial charge in [0.05, 0.1) is 17.6 Å². The Hall–Kier alpha value is -3.75. The molecule has 0 bridgehead atoms. The summed E-state index contributed by atoms with van der Waals surface area (Å²) in [6.07, 6.45) is 3.73. The number of anilines is 1. The van der Waals surface area contributed by atoms with Crippen LogP contribution in [0.15, 0.2) is 39.8 Å². The van der Waals surface area contributed by atoms with Gasteiger partial charge in [-0.1, -0.05) is 22.9 Å². The van der Waals surface area contributed by atoms with Crippen LogP contribution in [-0.2, 0) is 11.3 Å². The molecular weight excluding hydrogens is 396 g/mol. The number of amides is 1. The molecule has 5 rings (SSSR count). The highest BCUT2D eigenvalue weighted by molar-refractivity contribution is 5.90. The Morgan fingerprint density at radius 3 is 2.71 bits per heavy atom. The van der Waals surface area contributed by atoms with Crippen LogP contribution in [0.25, 0.3) is 16.6 Å². The van der Waals surface area contributed by atoms with Gasteiger partial charge in [0.2, 0.25) is 5.91 Å². The topological polar surface area (TPSA) is 108 Å². The predicted octanol–water partition coefficient (Wildman–Crippen LogP) is 3.01. The summed E-state index contributed by atoms with van der Waals surface area (Å²) in [6, 6.07) is 7.61. The highest BCUT2D eigenvalue weighted by atomic mass is 16.5. The van der Waals surface area contributed by atoms with Gasteiger partial charge in [0.25, 0.3) is 5.56 Å². The van der Waals surface area contributed by atoms with E-state index in [1.165, 1.54) is 4.68 Å². The molecule has 9 heteroatoms. The van der Waals surface area contributed by atoms with Crippen molar-refractivity contribution in [2.45, 2.75) is 46.1 Å². The van der Waals surface area contributed by atoms with E-state index in [9.17, 15) is 9.59 Å². The second kappa shape index (κ2) is 7.19. The minimum atomic E-state index is -0.401. The number of nitrogens with zero attached hydrogens (tertiary/aromatic N) is 5. The van der Waals surface area contributed by atoms with Gasteiger partial charge in [0, 0.05) is 17.4 Å². The van der Waals surface area contributed by atoms with Crippen LogP contribution < -0.4 is 10.9 Å². The smallest absolute Gasteiger partial charge is 0.293 e. The first-order valence-electron chi connectivity index (χ1n) is 10.2. The fraction of sp³-hybridized carbons (Fsp3) is 0.318. The molecule has 0 unspecified atom stereocenters. The largest absolute Gasteiger partial charge is 0.360 e. The van der Waals surface area contributed by atoms with Gasteiger partial charge in [-0.15, -0.1) is 0 Å². The van der Waals surface area contributed by atoms with Gasteiger partial charge >= 0.3 is 0 Å². The van der Waals surface area contributed by atoms with Crippen LogP contribution in [0.2, 0.25) is 0 Å². The van der Waals surface area contributed by atoms with Crippen LogP contribution in [0.4, 0.5) is 5.82 Å². The molecule has 1 aliphatic carbocycles. The van der Waals surface area contributed by atoms with E-state index in [0.29, 0.717) is 17.1 Å². The average Bonchev–Trinajstić information content (AvgIpc) is 3.34. The quantitative estimate of drug-likeness (QED) is 0.534. The first kappa shape index (κ1) is 19.2. The third kappa shape index (κ3) is 3.52. The summed E-state index contributed by atoms with van der Waals surface area (Å²) in [5.41, 5.74) is 3.88. The Balaban J connectivity index is 1.59. The number of fused-ring (bicyclic) bond motifs is 1. The lowest BCUT2D eigenvalue weighted by Gasteiger charge is -2.11. The van der Waals surface area contributed by atoms with Crippen molar-refractivity contribution in [3.8, 4) is 5.69 Å². The van der Waals surface area contributed by atoms with Gasteiger partial charge in [-0.2, -0.15) is 10.2 Å². The van der Waals surface area contributed by atoms with E-state index >= 15 is 0 Å². The molecule has 1 aliphatic rings. The van der Waals surface area contributed by atoms with E-state index < -0.39 is 5.91 Å². The Morgan fingerprint density at radius 1 is 1.23 bits per heavy atom. The Kier molecular flexibility index (Phi) is 4.46. The van der Waals surface area contributed by atoms with E-state index in [2.05, 4.69) is 26.7 Å². The average molecular weight is 418 g/mol. The molecule has 3 heterocycles. The summed E-state index contributed by atoms with van der Waals surface area (Å²) < 4.78 is 7.85. The molecule has 1 aromatic carbocycles. The third-order valence-electron chi connectivity index (χ3n) is 5.44. The predicted molar refractivity (Wildman–Crippen MR) is 114 cm³/mol. The van der Waals surface area contributed by atoms with E-state index in [4.69, 9.17) is 4.52 Å². The number of hydrogen-bond acceptors (Lipinski definition) is 6. The molecule has 0 spiro atoms. The molecule has 0 aliphatic heterocycles. The molecule has 9 nitrogen and oxygen atoms in total. The van der Waals surface area contributed by atoms with Crippen molar-refractivity contribution in [1.82, 2.24) is 24.7 Å². The molecular formula is C22H22N6O3. The van der Waals surface area contributed by atoms with Crippen LogP contribution in [-0.4, -0.2) is 30.6 Å². The van der Waals surface area contributed by atoms with Crippen molar-refractivity contribution in [3.63, 3.8) is 0 Å². The maximum atomic E-state index is 13.4. The number of hydrogen-bond donors (Lipinski definition) is 1. The molecule has 1 amide bonds. The fourth-order valence-electron chi connectivity index (χ4n) is 3.83. The summed E-state index contributed by atoms with van der Waals surface area (Å²) in [4.78, 5) is 25.9. The second-order valence-electron chi connectivity index (χ2n) is 8.10. The lowest BCUT2D eigenvalue weighted by molar-refractivity contribution is -0.117. The number of aromatic nitrogens is 5. The van der Waals surface area contributed by atoms with Crippen molar-refractivity contribution in [2.24, 2.45) is 0 Å². The molecule has 158 valence electrons. The zero-order valence-corrected chi connectivity index (χ0v) is 17.5. The SMILES string of the molecule is Cc1ccc(-n2ncc3c(C4CC4)nn(CC(=O)Nc4cc(C)on4)c(=O)c32)c(C)c1. The van der Waals surface area contributed by atoms with E-state index in [-0.39, 0.29) is 18.0 Å². The summed E-state index contributed by atoms with van der Waals surface area (Å²) >= 11 is 0. The first-order valence-corrected chi connectivity index (χ1v) is 10.2. The van der Waals surface area contributed by atoms with Crippen molar-refractivity contribution in [3.05, 3.63) is 63.4 Å². The molecule has 1 N–H and O–H groups in total. The number of carbonyl (C=O) groups is 1. The number of carbonyl (C=O) groups excluding carboxylic acids is 1. The lowest BCUT2D eigenvalue weighted by atomic mass is 10.1. The fourth-order valence-corrected chi connectivity index (χ4v) is 3.83. The van der Waals surface area contributed by atoms with Crippen LogP contribution >= 0.6 is 0 Å². The van der Waals surface area contributed by atoms with Gasteiger partial charge in [0.1, 0.15) is 17.8 Å². The molecule has 1 fully saturated rings. The molecule has 31 heavy (non-hydrogen) atoms. The summed E-state index contributed by atoms with van der Waals surface area (Å²) in [5, 5.41) is 16.2. The maximum absolute atomic E-state index is 13.4. The minimum absolute atomic E-state index is 0.224. The van der Waals surface area contributed by atoms with E-state index in [1.54, 1.807) is 23.9 Å². The Morgan fingerprint density at radius 2 is 2.03 bits per heavy atom. The molecule has 0 saturated heterocycles. The van der Waals surface area contributed by atoms with Crippen molar-refractivity contribution in [2.75, 3.05) is 5.32 Å².